The van der Waals surface area contributed by atoms with Crippen LogP contribution in [0.5, 0.6) is 0 Å². The van der Waals surface area contributed by atoms with Gasteiger partial charge in [0.2, 0.25) is 5.91 Å². The maximum Gasteiger partial charge on any atom is 0.248 e. The Hall–Kier alpha value is -1.68. The van der Waals surface area contributed by atoms with Gasteiger partial charge in [-0.1, -0.05) is 11.6 Å². The Labute approximate surface area is 84.7 Å². The van der Waals surface area contributed by atoms with Crippen LogP contribution in [0.2, 0.25) is 5.15 Å². The molecule has 4 nitrogen and oxygen atoms in total. The minimum Gasteiger partial charge on any atom is -0.366 e. The molecule has 1 aromatic heterocycles. The third-order valence-corrected chi connectivity index (χ3v) is 1.98. The molecule has 0 radical (unpaired) electrons. The van der Waals surface area contributed by atoms with Crippen LogP contribution in [0, 0.1) is 0 Å². The smallest absolute Gasteiger partial charge is 0.248 e. The largest absolute Gasteiger partial charge is 0.366 e. The summed E-state index contributed by atoms with van der Waals surface area (Å²) in [5.74, 6) is -0.483. The Bertz CT molecular complexity index is 512. The zero-order valence-corrected chi connectivity index (χ0v) is 7.82. The molecule has 0 aliphatic heterocycles. The third-order valence-electron chi connectivity index (χ3n) is 1.80. The first kappa shape index (κ1) is 8.90. The number of halogens is 1. The number of nitrogens with zero attached hydrogens (tertiary/aromatic N) is 2. The highest BCUT2D eigenvalue weighted by Crippen LogP contribution is 2.13. The number of hydrogen-bond acceptors (Lipinski definition) is 3. The minimum absolute atomic E-state index is 0.323. The average Bonchev–Trinajstić information content (AvgIpc) is 2.16. The summed E-state index contributed by atoms with van der Waals surface area (Å²) in [6.45, 7) is 0. The number of fused-ring (bicyclic) bond motifs is 1. The number of hydrogen-bond donors (Lipinski definition) is 1. The molecule has 1 heterocycles. The van der Waals surface area contributed by atoms with Crippen molar-refractivity contribution in [3.8, 4) is 0 Å². The van der Waals surface area contributed by atoms with E-state index in [1.165, 1.54) is 6.20 Å². The topological polar surface area (TPSA) is 68.9 Å². The van der Waals surface area contributed by atoms with Gasteiger partial charge in [-0.05, 0) is 18.2 Å². The van der Waals surface area contributed by atoms with E-state index in [2.05, 4.69) is 9.97 Å². The highest BCUT2D eigenvalue weighted by molar-refractivity contribution is 6.29. The summed E-state index contributed by atoms with van der Waals surface area (Å²) in [6.07, 6.45) is 1.43. The molecule has 0 fully saturated rings. The number of nitrogens with two attached hydrogens (primary N) is 1. The van der Waals surface area contributed by atoms with Gasteiger partial charge in [-0.25, -0.2) is 4.98 Å². The van der Waals surface area contributed by atoms with Crippen molar-refractivity contribution in [1.82, 2.24) is 9.97 Å². The number of carbonyl (C=O) groups excluding carboxylic acids is 1. The molecule has 0 aliphatic rings. The van der Waals surface area contributed by atoms with Gasteiger partial charge in [-0.2, -0.15) is 0 Å². The van der Waals surface area contributed by atoms with Gasteiger partial charge in [0, 0.05) is 5.56 Å². The van der Waals surface area contributed by atoms with E-state index >= 15 is 0 Å². The van der Waals surface area contributed by atoms with Crippen LogP contribution in [0.25, 0.3) is 11.0 Å². The van der Waals surface area contributed by atoms with Crippen LogP contribution in [0.15, 0.2) is 24.4 Å². The van der Waals surface area contributed by atoms with E-state index < -0.39 is 5.91 Å². The van der Waals surface area contributed by atoms with Crippen molar-refractivity contribution in [1.29, 1.82) is 0 Å². The average molecular weight is 208 g/mol. The Morgan fingerprint density at radius 3 is 2.86 bits per heavy atom. The van der Waals surface area contributed by atoms with Crippen molar-refractivity contribution in [2.45, 2.75) is 0 Å². The molecule has 2 N–H and O–H groups in total. The molecular formula is C9H6ClN3O. The van der Waals surface area contributed by atoms with Crippen LogP contribution < -0.4 is 5.73 Å². The van der Waals surface area contributed by atoms with Gasteiger partial charge >= 0.3 is 0 Å². The van der Waals surface area contributed by atoms with Crippen LogP contribution in [0.1, 0.15) is 10.4 Å². The normalized spacial score (nSPS) is 10.4. The monoisotopic (exact) mass is 207 g/mol. The predicted molar refractivity (Wildman–Crippen MR) is 53.1 cm³/mol. The lowest BCUT2D eigenvalue weighted by Crippen LogP contribution is -2.10. The fourth-order valence-electron chi connectivity index (χ4n) is 1.14. The molecular weight excluding hydrogens is 202 g/mol. The summed E-state index contributed by atoms with van der Waals surface area (Å²) in [5.41, 5.74) is 6.78. The molecule has 0 unspecified atom stereocenters. The van der Waals surface area contributed by atoms with Crippen molar-refractivity contribution in [2.75, 3.05) is 0 Å². The second kappa shape index (κ2) is 3.23. The first-order chi connectivity index (χ1) is 6.66. The van der Waals surface area contributed by atoms with Crippen LogP contribution in [-0.2, 0) is 0 Å². The van der Waals surface area contributed by atoms with Gasteiger partial charge in [0.15, 0.2) is 0 Å². The van der Waals surface area contributed by atoms with Gasteiger partial charge in [0.05, 0.1) is 17.2 Å². The summed E-state index contributed by atoms with van der Waals surface area (Å²) in [7, 11) is 0. The Kier molecular flexibility index (Phi) is 2.05. The van der Waals surface area contributed by atoms with Crippen molar-refractivity contribution in [2.24, 2.45) is 5.73 Å². The fraction of sp³-hybridized carbons (Fsp3) is 0. The van der Waals surface area contributed by atoms with Gasteiger partial charge in [-0.15, -0.1) is 0 Å². The molecule has 70 valence electrons. The zero-order valence-electron chi connectivity index (χ0n) is 7.07. The van der Waals surface area contributed by atoms with E-state index in [1.807, 2.05) is 0 Å². The first-order valence-electron chi connectivity index (χ1n) is 3.89. The van der Waals surface area contributed by atoms with E-state index in [0.717, 1.165) is 0 Å². The standard InChI is InChI=1S/C9H6ClN3O/c10-8-4-12-7-3-5(9(11)14)1-2-6(7)13-8/h1-4H,(H2,11,14). The molecule has 14 heavy (non-hydrogen) atoms. The third kappa shape index (κ3) is 1.52. The number of amides is 1. The summed E-state index contributed by atoms with van der Waals surface area (Å²) in [4.78, 5) is 18.9. The Balaban J connectivity index is 2.67. The number of primary amides is 1. The van der Waals surface area contributed by atoms with Crippen LogP contribution in [0.3, 0.4) is 0 Å². The molecule has 1 aromatic carbocycles. The maximum absolute atomic E-state index is 10.9. The highest BCUT2D eigenvalue weighted by atomic mass is 35.5. The Morgan fingerprint density at radius 2 is 2.14 bits per heavy atom. The predicted octanol–water partition coefficient (Wildman–Crippen LogP) is 1.38. The van der Waals surface area contributed by atoms with Crippen molar-refractivity contribution < 1.29 is 4.79 Å². The van der Waals surface area contributed by atoms with Crippen LogP contribution in [0.4, 0.5) is 0 Å². The van der Waals surface area contributed by atoms with Crippen molar-refractivity contribution in [3.63, 3.8) is 0 Å². The fourth-order valence-corrected chi connectivity index (χ4v) is 1.28. The lowest BCUT2D eigenvalue weighted by molar-refractivity contribution is 0.100. The summed E-state index contributed by atoms with van der Waals surface area (Å²) < 4.78 is 0. The molecule has 0 saturated carbocycles. The lowest BCUT2D eigenvalue weighted by Gasteiger charge is -1.98. The van der Waals surface area contributed by atoms with E-state index in [1.54, 1.807) is 18.2 Å². The van der Waals surface area contributed by atoms with E-state index in [9.17, 15) is 4.79 Å². The van der Waals surface area contributed by atoms with Crippen molar-refractivity contribution >= 4 is 28.5 Å². The van der Waals surface area contributed by atoms with E-state index in [0.29, 0.717) is 21.7 Å². The highest BCUT2D eigenvalue weighted by Gasteiger charge is 2.03. The van der Waals surface area contributed by atoms with Gasteiger partial charge in [0.1, 0.15) is 5.15 Å². The van der Waals surface area contributed by atoms with Gasteiger partial charge in [-0.3, -0.25) is 9.78 Å². The molecule has 0 bridgehead atoms. The molecule has 0 saturated heterocycles. The number of benzene rings is 1. The lowest BCUT2D eigenvalue weighted by atomic mass is 10.2. The summed E-state index contributed by atoms with van der Waals surface area (Å²) in [6, 6.07) is 4.84. The van der Waals surface area contributed by atoms with Crippen molar-refractivity contribution in [3.05, 3.63) is 35.1 Å². The molecule has 2 rings (SSSR count). The van der Waals surface area contributed by atoms with Gasteiger partial charge in [0.25, 0.3) is 0 Å². The molecule has 0 spiro atoms. The second-order valence-electron chi connectivity index (χ2n) is 2.76. The van der Waals surface area contributed by atoms with E-state index in [-0.39, 0.29) is 0 Å². The number of carbonyl (C=O) groups is 1. The molecule has 0 aliphatic carbocycles. The van der Waals surface area contributed by atoms with E-state index in [4.69, 9.17) is 17.3 Å². The molecule has 0 atom stereocenters. The van der Waals surface area contributed by atoms with Crippen LogP contribution in [-0.4, -0.2) is 15.9 Å². The number of aromatic nitrogens is 2. The Morgan fingerprint density at radius 1 is 1.36 bits per heavy atom. The maximum atomic E-state index is 10.9. The molecule has 5 heteroatoms. The summed E-state index contributed by atoms with van der Waals surface area (Å²) >= 11 is 5.66. The first-order valence-corrected chi connectivity index (χ1v) is 4.27. The quantitative estimate of drug-likeness (QED) is 0.768. The summed E-state index contributed by atoms with van der Waals surface area (Å²) in [5, 5.41) is 0.323. The minimum atomic E-state index is -0.483. The van der Waals surface area contributed by atoms with Crippen LogP contribution >= 0.6 is 11.6 Å². The molecule has 2 aromatic rings. The zero-order chi connectivity index (χ0) is 10.1. The second-order valence-corrected chi connectivity index (χ2v) is 3.15. The number of rotatable bonds is 1. The van der Waals surface area contributed by atoms with Gasteiger partial charge < -0.3 is 5.73 Å². The molecule has 1 amide bonds. The SMILES string of the molecule is NC(=O)c1ccc2nc(Cl)cnc2c1.